The minimum Gasteiger partial charge on any atom is -0.110 e. The van der Waals surface area contributed by atoms with Gasteiger partial charge in [0.15, 0.2) is 60.7 Å². The number of alkyl halides is 28. The zero-order valence-electron chi connectivity index (χ0n) is 18.5. The first-order valence-electron chi connectivity index (χ1n) is 9.23. The minimum atomic E-state index is -3.47. The fourth-order valence-corrected chi connectivity index (χ4v) is 13.6. The summed E-state index contributed by atoms with van der Waals surface area (Å²) in [5.41, 5.74) is 0. The monoisotopic (exact) mass is 1190 g/mol. The highest BCUT2D eigenvalue weighted by Crippen LogP contribution is 2.79. The van der Waals surface area contributed by atoms with Crippen molar-refractivity contribution in [2.75, 3.05) is 0 Å². The molecule has 1 radical (unpaired) electrons. The average Bonchev–Trinajstić information content (AvgIpc) is 2.80. The lowest BCUT2D eigenvalue weighted by atomic mass is 9.98. The maximum Gasteiger partial charge on any atom is 0.189 e. The summed E-state index contributed by atoms with van der Waals surface area (Å²) in [6.45, 7) is 0. The maximum atomic E-state index is 6.48. The van der Waals surface area contributed by atoms with Gasteiger partial charge in [0.2, 0.25) is 0 Å². The van der Waals surface area contributed by atoms with E-state index in [0.717, 1.165) is 0 Å². The summed E-state index contributed by atoms with van der Waals surface area (Å²) in [4.78, 5) is 0. The molecule has 1 aliphatic carbocycles. The summed E-state index contributed by atoms with van der Waals surface area (Å²) in [5, 5.41) is -1.34. The van der Waals surface area contributed by atoms with Crippen molar-refractivity contribution < 1.29 is 0 Å². The van der Waals surface area contributed by atoms with E-state index in [4.69, 9.17) is 336 Å². The van der Waals surface area contributed by atoms with Crippen LogP contribution in [-0.2, 0) is 0 Å². The van der Waals surface area contributed by atoms with Crippen LogP contribution < -0.4 is 0 Å². The van der Waals surface area contributed by atoms with Gasteiger partial charge in [0.05, 0.1) is 0 Å². The highest BCUT2D eigenvalue weighted by Gasteiger charge is 2.88. The Balaban J connectivity index is 4.70. The van der Waals surface area contributed by atoms with Gasteiger partial charge < -0.3 is 0 Å². The standard InChI is InChI=1S/C15Cl29/c16-1-2(17,18)4(21,22)6(25,26)8(29,30)10(33,34)12(37,38)14(41,42)15(43,44)13(39,40)11(35,36)9(31,32)7(27,28)5(23,24)3(1,19)20. The molecule has 0 amide bonds. The molecule has 0 aromatic heterocycles. The molecule has 0 aliphatic heterocycles. The fourth-order valence-electron chi connectivity index (χ4n) is 2.84. The lowest BCUT2D eigenvalue weighted by Crippen LogP contribution is -2.74. The van der Waals surface area contributed by atoms with E-state index in [0.29, 0.717) is 0 Å². The Bertz CT molecular complexity index is 1020. The number of hydrogen-bond acceptors (Lipinski definition) is 0. The van der Waals surface area contributed by atoms with Gasteiger partial charge in [-0.15, -0.1) is 11.6 Å². The molecule has 0 aromatic rings. The predicted octanol–water partition coefficient (Wildman–Crippen LogP) is 17.2. The van der Waals surface area contributed by atoms with Crippen LogP contribution in [0.1, 0.15) is 0 Å². The first-order valence-corrected chi connectivity index (χ1v) is 20.2. The summed E-state index contributed by atoms with van der Waals surface area (Å²) in [6, 6.07) is 0. The van der Waals surface area contributed by atoms with Crippen LogP contribution in [0.5, 0.6) is 0 Å². The highest BCUT2D eigenvalue weighted by atomic mass is 35.6. The number of rotatable bonds is 0. The van der Waals surface area contributed by atoms with Gasteiger partial charge in [0.1, 0.15) is 5.38 Å². The molecule has 1 fully saturated rings. The first-order chi connectivity index (χ1) is 18.4. The Morgan fingerprint density at radius 2 is 0.273 bits per heavy atom. The smallest absolute Gasteiger partial charge is 0.110 e. The van der Waals surface area contributed by atoms with E-state index >= 15 is 0 Å². The van der Waals surface area contributed by atoms with Gasteiger partial charge in [-0.3, -0.25) is 0 Å². The molecule has 29 heteroatoms. The molecule has 0 bridgehead atoms. The van der Waals surface area contributed by atoms with Crippen molar-refractivity contribution in [2.45, 2.75) is 60.7 Å². The topological polar surface area (TPSA) is 0 Å². The quantitative estimate of drug-likeness (QED) is 0.212. The Hall–Kier alpha value is 8.41. The summed E-state index contributed by atoms with van der Waals surface area (Å²) in [6.07, 6.45) is 0. The van der Waals surface area contributed by atoms with Crippen LogP contribution >= 0.6 is 336 Å². The molecule has 0 atom stereocenters. The van der Waals surface area contributed by atoms with Gasteiger partial charge in [-0.1, -0.05) is 325 Å². The summed E-state index contributed by atoms with van der Waals surface area (Å²) in [5.74, 6) is 0. The van der Waals surface area contributed by atoms with Crippen LogP contribution in [0.2, 0.25) is 0 Å². The Morgan fingerprint density at radius 1 is 0.182 bits per heavy atom. The van der Waals surface area contributed by atoms with E-state index < -0.39 is 66.0 Å². The summed E-state index contributed by atoms with van der Waals surface area (Å²) < 4.78 is -47.7. The lowest BCUT2D eigenvalue weighted by molar-refractivity contribution is 0.409. The van der Waals surface area contributed by atoms with E-state index in [1.807, 2.05) is 0 Å². The third-order valence-electron chi connectivity index (χ3n) is 5.68. The molecule has 1 aliphatic rings. The molecule has 0 saturated heterocycles. The molecule has 0 heterocycles. The molecule has 0 aromatic carbocycles. The third-order valence-corrected chi connectivity index (χ3v) is 27.2. The van der Waals surface area contributed by atoms with Crippen molar-refractivity contribution in [3.8, 4) is 0 Å². The first kappa shape index (κ1) is 50.4. The van der Waals surface area contributed by atoms with Crippen molar-refractivity contribution in [3.63, 3.8) is 0 Å². The Kier molecular flexibility index (Phi) is 16.4. The second-order valence-electron chi connectivity index (χ2n) is 8.36. The summed E-state index contributed by atoms with van der Waals surface area (Å²) in [7, 11) is 0. The minimum absolute atomic E-state index is 1.34. The third kappa shape index (κ3) is 6.52. The van der Waals surface area contributed by atoms with Crippen LogP contribution in [0.3, 0.4) is 0 Å². The van der Waals surface area contributed by atoms with Crippen molar-refractivity contribution in [1.82, 2.24) is 0 Å². The van der Waals surface area contributed by atoms with Crippen molar-refractivity contribution in [2.24, 2.45) is 0 Å². The van der Waals surface area contributed by atoms with Gasteiger partial charge in [0, 0.05) is 0 Å². The molecular weight excluding hydrogens is 1210 g/mol. The van der Waals surface area contributed by atoms with E-state index in [9.17, 15) is 0 Å². The van der Waals surface area contributed by atoms with Gasteiger partial charge in [-0.05, 0) is 0 Å². The maximum absolute atomic E-state index is 6.48. The van der Waals surface area contributed by atoms with Gasteiger partial charge in [0.25, 0.3) is 0 Å². The molecule has 0 unspecified atom stereocenters. The van der Waals surface area contributed by atoms with Crippen molar-refractivity contribution in [1.29, 1.82) is 0 Å². The largest absolute Gasteiger partial charge is 0.189 e. The zero-order chi connectivity index (χ0) is 36.6. The normalized spacial score (nSPS) is 33.8. The van der Waals surface area contributed by atoms with Crippen molar-refractivity contribution >= 4 is 336 Å². The molecule has 0 nitrogen and oxygen atoms in total. The van der Waals surface area contributed by atoms with Crippen molar-refractivity contribution in [3.05, 3.63) is 5.38 Å². The number of hydrogen-bond donors (Lipinski definition) is 0. The molecule has 1 saturated carbocycles. The SMILES string of the molecule is Cl[C]1C(Cl)(Cl)C(Cl)(Cl)C(Cl)(Cl)C(Cl)(Cl)C(Cl)(Cl)C(Cl)(Cl)C(Cl)(Cl)C(Cl)(Cl)C(Cl)(Cl)C(Cl)(Cl)C(Cl)(Cl)C(Cl)(Cl)C(Cl)(Cl)C1(Cl)Cl. The summed E-state index contributed by atoms with van der Waals surface area (Å²) >= 11 is 187. The zero-order valence-corrected chi connectivity index (χ0v) is 40.4. The second kappa shape index (κ2) is 14.4. The van der Waals surface area contributed by atoms with E-state index in [1.165, 1.54) is 0 Å². The van der Waals surface area contributed by atoms with E-state index in [-0.39, 0.29) is 0 Å². The van der Waals surface area contributed by atoms with E-state index in [2.05, 4.69) is 0 Å². The average molecular weight is 1210 g/mol. The van der Waals surface area contributed by atoms with Crippen LogP contribution in [0, 0.1) is 5.38 Å². The number of halogens is 29. The molecule has 263 valence electrons. The molecule has 0 spiro atoms. The highest BCUT2D eigenvalue weighted by molar-refractivity contribution is 6.85. The Labute approximate surface area is 396 Å². The molecule has 44 heavy (non-hydrogen) atoms. The molecule has 0 N–H and O–H groups in total. The van der Waals surface area contributed by atoms with Crippen LogP contribution in [0.25, 0.3) is 0 Å². The molecule has 1 rings (SSSR count). The van der Waals surface area contributed by atoms with Gasteiger partial charge >= 0.3 is 0 Å². The predicted molar refractivity (Wildman–Crippen MR) is 211 cm³/mol. The lowest BCUT2D eigenvalue weighted by Gasteiger charge is -2.57. The second-order valence-corrected chi connectivity index (χ2v) is 27.3. The van der Waals surface area contributed by atoms with E-state index in [1.54, 1.807) is 0 Å². The molecular formula is C15Cl29. The van der Waals surface area contributed by atoms with Gasteiger partial charge in [-0.2, -0.15) is 0 Å². The Morgan fingerprint density at radius 3 is 0.386 bits per heavy atom. The van der Waals surface area contributed by atoms with Crippen LogP contribution in [0.4, 0.5) is 0 Å². The van der Waals surface area contributed by atoms with Crippen LogP contribution in [-0.4, -0.2) is 60.7 Å². The van der Waals surface area contributed by atoms with Gasteiger partial charge in [-0.25, -0.2) is 0 Å². The van der Waals surface area contributed by atoms with Crippen LogP contribution in [0.15, 0.2) is 0 Å². The fraction of sp³-hybridized carbons (Fsp3) is 0.933.